The maximum Gasteiger partial charge on any atom is 0.326 e. The highest BCUT2D eigenvalue weighted by Gasteiger charge is 2.37. The van der Waals surface area contributed by atoms with Crippen LogP contribution in [0.4, 0.5) is 0 Å². The van der Waals surface area contributed by atoms with Gasteiger partial charge < -0.3 is 10.1 Å². The molecule has 1 atom stereocenters. The summed E-state index contributed by atoms with van der Waals surface area (Å²) < 4.78 is 5.33. The molecule has 4 heteroatoms. The molecule has 0 saturated carbocycles. The van der Waals surface area contributed by atoms with Crippen molar-refractivity contribution in [2.75, 3.05) is 13.2 Å². The number of carbonyl (C=O) groups excluding carboxylic acids is 1. The van der Waals surface area contributed by atoms with E-state index in [0.717, 1.165) is 32.2 Å². The minimum absolute atomic E-state index is 0.119. The van der Waals surface area contributed by atoms with Gasteiger partial charge in [0.05, 0.1) is 6.61 Å². The van der Waals surface area contributed by atoms with Gasteiger partial charge in [-0.15, -0.1) is 0 Å². The first-order valence-electron chi connectivity index (χ1n) is 6.52. The van der Waals surface area contributed by atoms with E-state index in [1.165, 1.54) is 5.56 Å². The second-order valence-corrected chi connectivity index (χ2v) is 4.96. The third kappa shape index (κ3) is 3.29. The minimum Gasteiger partial charge on any atom is -0.464 e. The SMILES string of the molecule is C[C@@]1(C(=O)OCCCc2cccnc2)CCCN1. The second kappa shape index (κ2) is 5.96. The standard InChI is InChI=1S/C14H20N2O2/c1-14(7-4-9-16-14)13(17)18-10-3-6-12-5-2-8-15-11-12/h2,5,8,11,16H,3-4,6-7,9-10H2,1H3/t14-/m0/s1. The van der Waals surface area contributed by atoms with Crippen molar-refractivity contribution in [2.24, 2.45) is 0 Å². The van der Waals surface area contributed by atoms with Crippen LogP contribution in [0.5, 0.6) is 0 Å². The highest BCUT2D eigenvalue weighted by molar-refractivity contribution is 5.80. The number of pyridine rings is 1. The van der Waals surface area contributed by atoms with E-state index in [4.69, 9.17) is 4.74 Å². The number of carbonyl (C=O) groups is 1. The molecule has 1 aliphatic rings. The molecule has 0 radical (unpaired) electrons. The summed E-state index contributed by atoms with van der Waals surface area (Å²) >= 11 is 0. The molecule has 1 N–H and O–H groups in total. The van der Waals surface area contributed by atoms with Crippen LogP contribution in [0.1, 0.15) is 31.7 Å². The van der Waals surface area contributed by atoms with Crippen LogP contribution >= 0.6 is 0 Å². The van der Waals surface area contributed by atoms with Crippen molar-refractivity contribution in [2.45, 2.75) is 38.1 Å². The molecule has 0 aromatic carbocycles. The van der Waals surface area contributed by atoms with Gasteiger partial charge in [-0.25, -0.2) is 0 Å². The molecule has 2 rings (SSSR count). The summed E-state index contributed by atoms with van der Waals surface area (Å²) in [6.45, 7) is 3.30. The van der Waals surface area contributed by atoms with Gasteiger partial charge in [-0.3, -0.25) is 9.78 Å². The van der Waals surface area contributed by atoms with Crippen molar-refractivity contribution in [1.82, 2.24) is 10.3 Å². The van der Waals surface area contributed by atoms with E-state index < -0.39 is 5.54 Å². The summed E-state index contributed by atoms with van der Waals surface area (Å²) in [6, 6.07) is 3.96. The highest BCUT2D eigenvalue weighted by atomic mass is 16.5. The number of nitrogens with zero attached hydrogens (tertiary/aromatic N) is 1. The van der Waals surface area contributed by atoms with Crippen LogP contribution in [0.2, 0.25) is 0 Å². The smallest absolute Gasteiger partial charge is 0.326 e. The highest BCUT2D eigenvalue weighted by Crippen LogP contribution is 2.20. The van der Waals surface area contributed by atoms with Crippen molar-refractivity contribution in [1.29, 1.82) is 0 Å². The summed E-state index contributed by atoms with van der Waals surface area (Å²) in [5.41, 5.74) is 0.715. The Morgan fingerprint density at radius 1 is 1.61 bits per heavy atom. The molecule has 1 aromatic rings. The molecule has 0 amide bonds. The maximum absolute atomic E-state index is 11.9. The largest absolute Gasteiger partial charge is 0.464 e. The number of aryl methyl sites for hydroxylation is 1. The van der Waals surface area contributed by atoms with Gasteiger partial charge in [0.1, 0.15) is 5.54 Å². The Balaban J connectivity index is 1.68. The molecule has 0 bridgehead atoms. The fraction of sp³-hybridized carbons (Fsp3) is 0.571. The Morgan fingerprint density at radius 2 is 2.50 bits per heavy atom. The molecule has 98 valence electrons. The summed E-state index contributed by atoms with van der Waals surface area (Å²) in [5, 5.41) is 3.21. The van der Waals surface area contributed by atoms with Crippen LogP contribution < -0.4 is 5.32 Å². The summed E-state index contributed by atoms with van der Waals surface area (Å²) in [7, 11) is 0. The number of aromatic nitrogens is 1. The van der Waals surface area contributed by atoms with Gasteiger partial charge in [0, 0.05) is 12.4 Å². The molecule has 18 heavy (non-hydrogen) atoms. The first kappa shape index (κ1) is 13.0. The molecule has 2 heterocycles. The van der Waals surface area contributed by atoms with Crippen molar-refractivity contribution >= 4 is 5.97 Å². The number of ether oxygens (including phenoxy) is 1. The molecule has 4 nitrogen and oxygen atoms in total. The molecule has 0 aliphatic carbocycles. The third-order valence-electron chi connectivity index (χ3n) is 3.38. The lowest BCUT2D eigenvalue weighted by Crippen LogP contribution is -2.45. The molecule has 1 fully saturated rings. The van der Waals surface area contributed by atoms with E-state index in [1.54, 1.807) is 6.20 Å². The summed E-state index contributed by atoms with van der Waals surface area (Å²) in [5.74, 6) is -0.119. The van der Waals surface area contributed by atoms with E-state index in [0.29, 0.717) is 6.61 Å². The van der Waals surface area contributed by atoms with Gasteiger partial charge in [0.15, 0.2) is 0 Å². The predicted molar refractivity (Wildman–Crippen MR) is 69.2 cm³/mol. The van der Waals surface area contributed by atoms with Crippen LogP contribution in [0.15, 0.2) is 24.5 Å². The lowest BCUT2D eigenvalue weighted by atomic mass is 10.0. The van der Waals surface area contributed by atoms with Crippen LogP contribution in [0, 0.1) is 0 Å². The molecular formula is C14H20N2O2. The lowest BCUT2D eigenvalue weighted by Gasteiger charge is -2.21. The first-order chi connectivity index (χ1) is 8.71. The third-order valence-corrected chi connectivity index (χ3v) is 3.38. The summed E-state index contributed by atoms with van der Waals surface area (Å²) in [4.78, 5) is 15.9. The van der Waals surface area contributed by atoms with Gasteiger partial charge in [0.25, 0.3) is 0 Å². The Morgan fingerprint density at radius 3 is 3.17 bits per heavy atom. The molecule has 0 spiro atoms. The van der Waals surface area contributed by atoms with Gasteiger partial charge in [0.2, 0.25) is 0 Å². The molecule has 0 unspecified atom stereocenters. The van der Waals surface area contributed by atoms with Crippen molar-refractivity contribution in [3.8, 4) is 0 Å². The Hall–Kier alpha value is -1.42. The van der Waals surface area contributed by atoms with Gasteiger partial charge in [-0.2, -0.15) is 0 Å². The zero-order valence-corrected chi connectivity index (χ0v) is 10.8. The van der Waals surface area contributed by atoms with Crippen molar-refractivity contribution in [3.63, 3.8) is 0 Å². The Labute approximate surface area is 108 Å². The number of hydrogen-bond acceptors (Lipinski definition) is 4. The van der Waals surface area contributed by atoms with Crippen LogP contribution in [-0.4, -0.2) is 29.6 Å². The van der Waals surface area contributed by atoms with E-state index >= 15 is 0 Å². The molecule has 1 aliphatic heterocycles. The number of esters is 1. The average Bonchev–Trinajstić information content (AvgIpc) is 2.84. The monoisotopic (exact) mass is 248 g/mol. The fourth-order valence-electron chi connectivity index (χ4n) is 2.22. The van der Waals surface area contributed by atoms with E-state index in [-0.39, 0.29) is 5.97 Å². The van der Waals surface area contributed by atoms with Gasteiger partial charge >= 0.3 is 5.97 Å². The molecular weight excluding hydrogens is 228 g/mol. The van der Waals surface area contributed by atoms with Gasteiger partial charge in [-0.1, -0.05) is 6.07 Å². The van der Waals surface area contributed by atoms with Crippen LogP contribution in [0.25, 0.3) is 0 Å². The van der Waals surface area contributed by atoms with Crippen molar-refractivity contribution in [3.05, 3.63) is 30.1 Å². The van der Waals surface area contributed by atoms with E-state index in [2.05, 4.69) is 10.3 Å². The Bertz CT molecular complexity index is 386. The fourth-order valence-corrected chi connectivity index (χ4v) is 2.22. The van der Waals surface area contributed by atoms with E-state index in [1.807, 2.05) is 25.3 Å². The maximum atomic E-state index is 11.9. The normalized spacial score (nSPS) is 22.9. The second-order valence-electron chi connectivity index (χ2n) is 4.96. The number of nitrogens with one attached hydrogen (secondary N) is 1. The van der Waals surface area contributed by atoms with Crippen LogP contribution in [-0.2, 0) is 16.0 Å². The molecule has 1 aromatic heterocycles. The molecule has 1 saturated heterocycles. The number of hydrogen-bond donors (Lipinski definition) is 1. The van der Waals surface area contributed by atoms with Gasteiger partial charge in [-0.05, 0) is 50.8 Å². The zero-order chi connectivity index (χ0) is 12.8. The van der Waals surface area contributed by atoms with Crippen LogP contribution in [0.3, 0.4) is 0 Å². The Kier molecular flexibility index (Phi) is 4.31. The van der Waals surface area contributed by atoms with E-state index in [9.17, 15) is 4.79 Å². The topological polar surface area (TPSA) is 51.2 Å². The minimum atomic E-state index is -0.464. The number of rotatable bonds is 5. The predicted octanol–water partition coefficient (Wildman–Crippen LogP) is 1.70. The quantitative estimate of drug-likeness (QED) is 0.636. The average molecular weight is 248 g/mol. The lowest BCUT2D eigenvalue weighted by molar-refractivity contribution is -0.150. The summed E-state index contributed by atoms with van der Waals surface area (Å²) in [6.07, 6.45) is 7.26. The zero-order valence-electron chi connectivity index (χ0n) is 10.8. The first-order valence-corrected chi connectivity index (χ1v) is 6.52. The van der Waals surface area contributed by atoms with Crippen molar-refractivity contribution < 1.29 is 9.53 Å².